The molecular weight excluding hydrogens is 290 g/mol. The molecule has 122 valence electrons. The van der Waals surface area contributed by atoms with Crippen LogP contribution in [-0.2, 0) is 4.74 Å². The molecule has 1 aromatic carbocycles. The fourth-order valence-corrected chi connectivity index (χ4v) is 2.40. The van der Waals surface area contributed by atoms with Crippen molar-refractivity contribution in [2.75, 3.05) is 32.5 Å². The Kier molecular flexibility index (Phi) is 6.11. The summed E-state index contributed by atoms with van der Waals surface area (Å²) in [6, 6.07) is 11.0. The topological polar surface area (TPSA) is 68.5 Å². The lowest BCUT2D eigenvalue weighted by Crippen LogP contribution is -2.34. The first kappa shape index (κ1) is 17.0. The van der Waals surface area contributed by atoms with E-state index in [2.05, 4.69) is 11.9 Å². The summed E-state index contributed by atoms with van der Waals surface area (Å²) >= 11 is 0. The van der Waals surface area contributed by atoms with E-state index in [1.807, 2.05) is 35.2 Å². The number of pyridine rings is 1. The zero-order valence-corrected chi connectivity index (χ0v) is 13.7. The van der Waals surface area contributed by atoms with E-state index in [4.69, 9.17) is 10.5 Å². The molecule has 2 N–H and O–H groups in total. The monoisotopic (exact) mass is 313 g/mol. The van der Waals surface area contributed by atoms with Crippen LogP contribution in [0.15, 0.2) is 42.6 Å². The van der Waals surface area contributed by atoms with Crippen LogP contribution in [-0.4, -0.2) is 42.6 Å². The van der Waals surface area contributed by atoms with Gasteiger partial charge in [0.25, 0.3) is 5.91 Å². The number of hydrogen-bond acceptors (Lipinski definition) is 4. The van der Waals surface area contributed by atoms with Crippen molar-refractivity contribution in [2.45, 2.75) is 13.3 Å². The van der Waals surface area contributed by atoms with E-state index in [1.165, 1.54) is 0 Å². The van der Waals surface area contributed by atoms with Gasteiger partial charge in [-0.15, -0.1) is 0 Å². The van der Waals surface area contributed by atoms with Crippen molar-refractivity contribution < 1.29 is 9.53 Å². The van der Waals surface area contributed by atoms with Crippen LogP contribution in [0, 0.1) is 0 Å². The Morgan fingerprint density at radius 3 is 2.57 bits per heavy atom. The van der Waals surface area contributed by atoms with E-state index < -0.39 is 0 Å². The fourth-order valence-electron chi connectivity index (χ4n) is 2.40. The van der Waals surface area contributed by atoms with Crippen LogP contribution < -0.4 is 5.73 Å². The molecule has 0 fully saturated rings. The Balaban J connectivity index is 2.17. The van der Waals surface area contributed by atoms with Gasteiger partial charge in [-0.1, -0.05) is 19.1 Å². The van der Waals surface area contributed by atoms with Crippen molar-refractivity contribution >= 4 is 11.6 Å². The molecule has 0 spiro atoms. The Labute approximate surface area is 137 Å². The molecule has 0 aliphatic carbocycles. The first-order valence-electron chi connectivity index (χ1n) is 7.76. The maximum atomic E-state index is 12.6. The maximum Gasteiger partial charge on any atom is 0.253 e. The molecule has 0 unspecified atom stereocenters. The van der Waals surface area contributed by atoms with E-state index in [0.717, 1.165) is 24.2 Å². The maximum absolute atomic E-state index is 12.6. The highest BCUT2D eigenvalue weighted by molar-refractivity contribution is 5.94. The van der Waals surface area contributed by atoms with Crippen molar-refractivity contribution in [2.24, 2.45) is 0 Å². The first-order valence-corrected chi connectivity index (χ1v) is 7.76. The number of anilines is 1. The van der Waals surface area contributed by atoms with E-state index in [0.29, 0.717) is 24.4 Å². The highest BCUT2D eigenvalue weighted by Crippen LogP contribution is 2.23. The Morgan fingerprint density at radius 1 is 1.22 bits per heavy atom. The van der Waals surface area contributed by atoms with E-state index in [-0.39, 0.29) is 5.91 Å². The lowest BCUT2D eigenvalue weighted by Gasteiger charge is -2.22. The quantitative estimate of drug-likeness (QED) is 0.853. The van der Waals surface area contributed by atoms with Gasteiger partial charge in [-0.05, 0) is 30.7 Å². The average molecular weight is 313 g/mol. The molecule has 1 heterocycles. The van der Waals surface area contributed by atoms with E-state index in [9.17, 15) is 4.79 Å². The molecule has 2 aromatic rings. The molecule has 0 saturated carbocycles. The number of nitrogens with two attached hydrogens (primary N) is 1. The summed E-state index contributed by atoms with van der Waals surface area (Å²) in [7, 11) is 1.64. The molecular formula is C18H23N3O2. The molecule has 0 saturated heterocycles. The molecule has 2 rings (SSSR count). The van der Waals surface area contributed by atoms with Crippen molar-refractivity contribution in [3.8, 4) is 11.3 Å². The minimum Gasteiger partial charge on any atom is -0.397 e. The van der Waals surface area contributed by atoms with Crippen molar-refractivity contribution in [1.29, 1.82) is 0 Å². The van der Waals surface area contributed by atoms with Crippen LogP contribution in [0.2, 0.25) is 0 Å². The summed E-state index contributed by atoms with van der Waals surface area (Å²) < 4.78 is 5.08. The van der Waals surface area contributed by atoms with E-state index in [1.54, 1.807) is 19.4 Å². The lowest BCUT2D eigenvalue weighted by atomic mass is 10.1. The second-order valence-electron chi connectivity index (χ2n) is 5.30. The van der Waals surface area contributed by atoms with Gasteiger partial charge >= 0.3 is 0 Å². The highest BCUT2D eigenvalue weighted by Gasteiger charge is 2.15. The van der Waals surface area contributed by atoms with Crippen LogP contribution in [0.1, 0.15) is 23.7 Å². The minimum atomic E-state index is 0.0180. The van der Waals surface area contributed by atoms with Gasteiger partial charge in [0.15, 0.2) is 0 Å². The third-order valence-corrected chi connectivity index (χ3v) is 3.59. The third kappa shape index (κ3) is 4.29. The van der Waals surface area contributed by atoms with Crippen LogP contribution in [0.3, 0.4) is 0 Å². The number of nitrogen functional groups attached to an aromatic ring is 1. The first-order chi connectivity index (χ1) is 11.2. The Bertz CT molecular complexity index is 641. The van der Waals surface area contributed by atoms with Gasteiger partial charge in [0.1, 0.15) is 0 Å². The predicted octanol–water partition coefficient (Wildman–Crippen LogP) is 2.83. The summed E-state index contributed by atoms with van der Waals surface area (Å²) in [5.41, 5.74) is 8.86. The van der Waals surface area contributed by atoms with Gasteiger partial charge in [0, 0.05) is 37.5 Å². The number of methoxy groups -OCH3 is 1. The average Bonchev–Trinajstić information content (AvgIpc) is 2.58. The lowest BCUT2D eigenvalue weighted by molar-refractivity contribution is 0.0695. The number of aromatic nitrogens is 1. The Morgan fingerprint density at radius 2 is 1.96 bits per heavy atom. The molecule has 0 bridgehead atoms. The zero-order valence-electron chi connectivity index (χ0n) is 13.7. The number of amides is 1. The SMILES string of the molecule is CCCN(CCOC)C(=O)c1ccc(-c2ncccc2N)cc1. The second kappa shape index (κ2) is 8.29. The van der Waals surface area contributed by atoms with Gasteiger partial charge in [-0.25, -0.2) is 0 Å². The van der Waals surface area contributed by atoms with Gasteiger partial charge in [-0.2, -0.15) is 0 Å². The molecule has 0 atom stereocenters. The molecule has 0 aliphatic heterocycles. The van der Waals surface area contributed by atoms with Gasteiger partial charge in [-0.3, -0.25) is 9.78 Å². The van der Waals surface area contributed by atoms with Gasteiger partial charge in [0.2, 0.25) is 0 Å². The van der Waals surface area contributed by atoms with Crippen molar-refractivity contribution in [1.82, 2.24) is 9.88 Å². The summed E-state index contributed by atoms with van der Waals surface area (Å²) in [6.45, 7) is 3.91. The number of rotatable bonds is 7. The number of carbonyl (C=O) groups excluding carboxylic acids is 1. The number of carbonyl (C=O) groups is 1. The minimum absolute atomic E-state index is 0.0180. The molecule has 5 nitrogen and oxygen atoms in total. The Hall–Kier alpha value is -2.40. The highest BCUT2D eigenvalue weighted by atomic mass is 16.5. The molecule has 1 aromatic heterocycles. The summed E-state index contributed by atoms with van der Waals surface area (Å²) in [4.78, 5) is 18.7. The normalized spacial score (nSPS) is 10.5. The number of benzene rings is 1. The smallest absolute Gasteiger partial charge is 0.253 e. The van der Waals surface area contributed by atoms with Crippen LogP contribution in [0.25, 0.3) is 11.3 Å². The molecule has 0 aliphatic rings. The summed E-state index contributed by atoms with van der Waals surface area (Å²) in [5.74, 6) is 0.0180. The fraction of sp³-hybridized carbons (Fsp3) is 0.333. The molecule has 0 radical (unpaired) electrons. The van der Waals surface area contributed by atoms with Crippen molar-refractivity contribution in [3.05, 3.63) is 48.2 Å². The number of nitrogens with zero attached hydrogens (tertiary/aromatic N) is 2. The number of ether oxygens (including phenoxy) is 1. The summed E-state index contributed by atoms with van der Waals surface area (Å²) in [5, 5.41) is 0. The second-order valence-corrected chi connectivity index (χ2v) is 5.30. The number of hydrogen-bond donors (Lipinski definition) is 1. The van der Waals surface area contributed by atoms with Gasteiger partial charge < -0.3 is 15.4 Å². The third-order valence-electron chi connectivity index (χ3n) is 3.59. The largest absolute Gasteiger partial charge is 0.397 e. The van der Waals surface area contributed by atoms with Crippen LogP contribution >= 0.6 is 0 Å². The van der Waals surface area contributed by atoms with Crippen LogP contribution in [0.5, 0.6) is 0 Å². The van der Waals surface area contributed by atoms with Crippen molar-refractivity contribution in [3.63, 3.8) is 0 Å². The predicted molar refractivity (Wildman–Crippen MR) is 92.2 cm³/mol. The molecule has 1 amide bonds. The molecule has 23 heavy (non-hydrogen) atoms. The van der Waals surface area contributed by atoms with E-state index >= 15 is 0 Å². The standard InChI is InChI=1S/C18H23N3O2/c1-3-11-21(12-13-23-2)18(22)15-8-6-14(7-9-15)17-16(19)5-4-10-20-17/h4-10H,3,11-13,19H2,1-2H3. The molecule has 5 heteroatoms. The van der Waals surface area contributed by atoms with Gasteiger partial charge in [0.05, 0.1) is 18.0 Å². The zero-order chi connectivity index (χ0) is 16.7. The van der Waals surface area contributed by atoms with Crippen LogP contribution in [0.4, 0.5) is 5.69 Å². The summed E-state index contributed by atoms with van der Waals surface area (Å²) in [6.07, 6.45) is 2.62.